The van der Waals surface area contributed by atoms with E-state index in [-0.39, 0.29) is 0 Å². The summed E-state index contributed by atoms with van der Waals surface area (Å²) < 4.78 is 10.5. The molecule has 7 heteroatoms. The Morgan fingerprint density at radius 3 is 3.05 bits per heavy atom. The van der Waals surface area contributed by atoms with Crippen molar-refractivity contribution in [2.24, 2.45) is 0 Å². The zero-order valence-corrected chi connectivity index (χ0v) is 12.9. The van der Waals surface area contributed by atoms with Crippen molar-refractivity contribution in [2.75, 3.05) is 12.8 Å². The SMILES string of the molecule is COc1ccc(N)c(SCc2nc(-c3ccsc3)no2)c1. The molecule has 108 valence electrons. The lowest BCUT2D eigenvalue weighted by atomic mass is 10.3. The average Bonchev–Trinajstić information content (AvgIpc) is 3.17. The molecule has 0 fully saturated rings. The van der Waals surface area contributed by atoms with E-state index in [0.717, 1.165) is 16.2 Å². The maximum atomic E-state index is 5.95. The van der Waals surface area contributed by atoms with Gasteiger partial charge in [0, 0.05) is 21.5 Å². The highest BCUT2D eigenvalue weighted by molar-refractivity contribution is 7.98. The molecule has 0 amide bonds. The third-order valence-corrected chi connectivity index (χ3v) is 4.56. The fourth-order valence-electron chi connectivity index (χ4n) is 1.73. The topological polar surface area (TPSA) is 74.2 Å². The van der Waals surface area contributed by atoms with Crippen LogP contribution in [0.5, 0.6) is 5.75 Å². The van der Waals surface area contributed by atoms with Gasteiger partial charge in [0.2, 0.25) is 11.7 Å². The van der Waals surface area contributed by atoms with Gasteiger partial charge in [-0.2, -0.15) is 16.3 Å². The van der Waals surface area contributed by atoms with Gasteiger partial charge in [0.05, 0.1) is 12.9 Å². The quantitative estimate of drug-likeness (QED) is 0.571. The van der Waals surface area contributed by atoms with E-state index in [4.69, 9.17) is 15.0 Å². The lowest BCUT2D eigenvalue weighted by Crippen LogP contribution is -1.91. The zero-order valence-electron chi connectivity index (χ0n) is 11.3. The number of methoxy groups -OCH3 is 1. The van der Waals surface area contributed by atoms with Gasteiger partial charge in [-0.15, -0.1) is 11.8 Å². The second-order valence-corrected chi connectivity index (χ2v) is 6.01. The summed E-state index contributed by atoms with van der Waals surface area (Å²) in [6.07, 6.45) is 0. The number of aromatic nitrogens is 2. The maximum absolute atomic E-state index is 5.95. The largest absolute Gasteiger partial charge is 0.497 e. The van der Waals surface area contributed by atoms with E-state index in [2.05, 4.69) is 10.1 Å². The summed E-state index contributed by atoms with van der Waals surface area (Å²) in [4.78, 5) is 5.31. The molecule has 0 saturated heterocycles. The third-order valence-electron chi connectivity index (χ3n) is 2.82. The number of hydrogen-bond donors (Lipinski definition) is 1. The Labute approximate surface area is 130 Å². The van der Waals surface area contributed by atoms with Crippen molar-refractivity contribution in [3.05, 3.63) is 40.9 Å². The number of benzene rings is 1. The first-order valence-corrected chi connectivity index (χ1v) is 8.10. The first-order chi connectivity index (χ1) is 10.3. The summed E-state index contributed by atoms with van der Waals surface area (Å²) in [5.41, 5.74) is 7.63. The molecule has 0 unspecified atom stereocenters. The smallest absolute Gasteiger partial charge is 0.237 e. The predicted octanol–water partition coefficient (Wildman–Crippen LogP) is 3.68. The molecule has 2 heterocycles. The molecule has 3 rings (SSSR count). The molecule has 2 N–H and O–H groups in total. The minimum atomic E-state index is 0.564. The van der Waals surface area contributed by atoms with E-state index in [1.54, 1.807) is 30.2 Å². The summed E-state index contributed by atoms with van der Waals surface area (Å²) in [7, 11) is 1.63. The molecule has 21 heavy (non-hydrogen) atoms. The van der Waals surface area contributed by atoms with Gasteiger partial charge in [0.1, 0.15) is 5.75 Å². The fourth-order valence-corrected chi connectivity index (χ4v) is 3.19. The minimum Gasteiger partial charge on any atom is -0.497 e. The third kappa shape index (κ3) is 3.20. The number of nitrogens with zero attached hydrogens (tertiary/aromatic N) is 2. The van der Waals surface area contributed by atoms with Crippen molar-refractivity contribution in [2.45, 2.75) is 10.6 Å². The number of ether oxygens (including phenoxy) is 1. The summed E-state index contributed by atoms with van der Waals surface area (Å²) in [5, 5.41) is 7.95. The molecule has 2 aromatic heterocycles. The number of nitrogen functional groups attached to an aromatic ring is 1. The Morgan fingerprint density at radius 2 is 2.29 bits per heavy atom. The highest BCUT2D eigenvalue weighted by Crippen LogP contribution is 2.31. The number of rotatable bonds is 5. The molecule has 0 spiro atoms. The number of hydrogen-bond acceptors (Lipinski definition) is 7. The molecule has 1 aromatic carbocycles. The molecule has 5 nitrogen and oxygen atoms in total. The minimum absolute atomic E-state index is 0.564. The Morgan fingerprint density at radius 1 is 1.38 bits per heavy atom. The van der Waals surface area contributed by atoms with Gasteiger partial charge in [0.25, 0.3) is 0 Å². The van der Waals surface area contributed by atoms with E-state index in [1.807, 2.05) is 35.0 Å². The highest BCUT2D eigenvalue weighted by Gasteiger charge is 2.10. The van der Waals surface area contributed by atoms with Gasteiger partial charge in [0.15, 0.2) is 0 Å². The Bertz CT molecular complexity index is 726. The summed E-state index contributed by atoms with van der Waals surface area (Å²) in [6, 6.07) is 7.52. The molecule has 0 aliphatic carbocycles. The van der Waals surface area contributed by atoms with E-state index < -0.39 is 0 Å². The standard InChI is InChI=1S/C14H13N3O2S2/c1-18-10-2-3-11(15)12(6-10)21-8-13-16-14(17-19-13)9-4-5-20-7-9/h2-7H,8,15H2,1H3. The zero-order chi connectivity index (χ0) is 14.7. The van der Waals surface area contributed by atoms with Crippen LogP contribution in [-0.4, -0.2) is 17.3 Å². The fraction of sp³-hybridized carbons (Fsp3) is 0.143. The number of thioether (sulfide) groups is 1. The van der Waals surface area contributed by atoms with Crippen LogP contribution in [0.4, 0.5) is 5.69 Å². The van der Waals surface area contributed by atoms with Gasteiger partial charge >= 0.3 is 0 Å². The van der Waals surface area contributed by atoms with Crippen LogP contribution in [0.25, 0.3) is 11.4 Å². The van der Waals surface area contributed by atoms with Crippen LogP contribution in [0, 0.1) is 0 Å². The van der Waals surface area contributed by atoms with Gasteiger partial charge in [-0.3, -0.25) is 0 Å². The Hall–Kier alpha value is -1.99. The average molecular weight is 319 g/mol. The van der Waals surface area contributed by atoms with E-state index in [1.165, 1.54) is 0 Å². The number of nitrogens with two attached hydrogens (primary N) is 1. The maximum Gasteiger partial charge on any atom is 0.237 e. The number of anilines is 1. The molecule has 0 atom stereocenters. The Kier molecular flexibility index (Phi) is 4.12. The Balaban J connectivity index is 1.71. The molecule has 0 radical (unpaired) electrons. The van der Waals surface area contributed by atoms with Crippen molar-refractivity contribution < 1.29 is 9.26 Å². The first kappa shape index (κ1) is 14.0. The van der Waals surface area contributed by atoms with E-state index in [0.29, 0.717) is 23.2 Å². The number of thiophene rings is 1. The summed E-state index contributed by atoms with van der Waals surface area (Å²) in [6.45, 7) is 0. The van der Waals surface area contributed by atoms with Crippen LogP contribution in [-0.2, 0) is 5.75 Å². The van der Waals surface area contributed by atoms with Gasteiger partial charge in [-0.25, -0.2) is 0 Å². The molecule has 0 aliphatic rings. The van der Waals surface area contributed by atoms with Crippen molar-refractivity contribution >= 4 is 28.8 Å². The summed E-state index contributed by atoms with van der Waals surface area (Å²) in [5.74, 6) is 2.53. The van der Waals surface area contributed by atoms with E-state index in [9.17, 15) is 0 Å². The summed E-state index contributed by atoms with van der Waals surface area (Å²) >= 11 is 3.14. The van der Waals surface area contributed by atoms with E-state index >= 15 is 0 Å². The predicted molar refractivity (Wildman–Crippen MR) is 84.6 cm³/mol. The van der Waals surface area contributed by atoms with Crippen LogP contribution < -0.4 is 10.5 Å². The normalized spacial score (nSPS) is 10.7. The molecule has 3 aromatic rings. The van der Waals surface area contributed by atoms with Crippen LogP contribution in [0.3, 0.4) is 0 Å². The lowest BCUT2D eigenvalue weighted by Gasteiger charge is -2.06. The lowest BCUT2D eigenvalue weighted by molar-refractivity contribution is 0.391. The van der Waals surface area contributed by atoms with Gasteiger partial charge < -0.3 is 15.0 Å². The monoisotopic (exact) mass is 319 g/mol. The molecule has 0 saturated carbocycles. The molecule has 0 bridgehead atoms. The van der Waals surface area contributed by atoms with Crippen molar-refractivity contribution in [3.8, 4) is 17.1 Å². The molecule has 0 aliphatic heterocycles. The van der Waals surface area contributed by atoms with Crippen molar-refractivity contribution in [1.29, 1.82) is 0 Å². The van der Waals surface area contributed by atoms with Gasteiger partial charge in [-0.05, 0) is 29.6 Å². The van der Waals surface area contributed by atoms with Crippen molar-refractivity contribution in [1.82, 2.24) is 10.1 Å². The van der Waals surface area contributed by atoms with Crippen LogP contribution in [0.15, 0.2) is 44.4 Å². The molecular formula is C14H13N3O2S2. The second-order valence-electron chi connectivity index (χ2n) is 4.22. The van der Waals surface area contributed by atoms with Crippen LogP contribution >= 0.6 is 23.1 Å². The van der Waals surface area contributed by atoms with Gasteiger partial charge in [-0.1, -0.05) is 5.16 Å². The van der Waals surface area contributed by atoms with Crippen LogP contribution in [0.1, 0.15) is 5.89 Å². The van der Waals surface area contributed by atoms with Crippen molar-refractivity contribution in [3.63, 3.8) is 0 Å². The molecular weight excluding hydrogens is 306 g/mol. The first-order valence-electron chi connectivity index (χ1n) is 6.18. The van der Waals surface area contributed by atoms with Crippen LogP contribution in [0.2, 0.25) is 0 Å². The second kappa shape index (κ2) is 6.19. The highest BCUT2D eigenvalue weighted by atomic mass is 32.2.